The molecular weight excluding hydrogens is 282 g/mol. The normalized spacial score (nSPS) is 12.3. The highest BCUT2D eigenvalue weighted by molar-refractivity contribution is 7.99. The maximum atomic E-state index is 5.37. The molecule has 0 radical (unpaired) electrons. The molecule has 0 fully saturated rings. The molecule has 0 N–H and O–H groups in total. The lowest BCUT2D eigenvalue weighted by Crippen LogP contribution is -1.89. The van der Waals surface area contributed by atoms with Crippen LogP contribution >= 0.6 is 11.8 Å². The number of hydrogen-bond acceptors (Lipinski definition) is 5. The van der Waals surface area contributed by atoms with Crippen molar-refractivity contribution in [3.63, 3.8) is 0 Å². The summed E-state index contributed by atoms with van der Waals surface area (Å²) in [7, 11) is 0. The zero-order chi connectivity index (χ0) is 14.7. The lowest BCUT2D eigenvalue weighted by atomic mass is 10.2. The maximum absolute atomic E-state index is 5.37. The van der Waals surface area contributed by atoms with Gasteiger partial charge in [-0.15, -0.1) is 11.8 Å². The molecule has 21 heavy (non-hydrogen) atoms. The monoisotopic (exact) mass is 297 g/mol. The molecule has 0 saturated heterocycles. The number of pyridine rings is 1. The summed E-state index contributed by atoms with van der Waals surface area (Å²) in [5, 5.41) is 4.13. The fraction of sp³-hybridized carbons (Fsp3) is 0.188. The van der Waals surface area contributed by atoms with Crippen LogP contribution < -0.4 is 0 Å². The SMILES string of the molecule is Cc1ccc(S[C@H](C)c2nc(-c3cccnc3)no2)cc1. The summed E-state index contributed by atoms with van der Waals surface area (Å²) in [6, 6.07) is 12.2. The van der Waals surface area contributed by atoms with Gasteiger partial charge in [0.05, 0.1) is 5.25 Å². The van der Waals surface area contributed by atoms with Crippen LogP contribution in [-0.2, 0) is 0 Å². The van der Waals surface area contributed by atoms with Crippen LogP contribution in [0, 0.1) is 6.92 Å². The number of thioether (sulfide) groups is 1. The van der Waals surface area contributed by atoms with E-state index in [0.29, 0.717) is 11.7 Å². The fourth-order valence-corrected chi connectivity index (χ4v) is 2.78. The van der Waals surface area contributed by atoms with Gasteiger partial charge in [0.1, 0.15) is 0 Å². The van der Waals surface area contributed by atoms with Gasteiger partial charge in [0.2, 0.25) is 11.7 Å². The first-order valence-corrected chi connectivity index (χ1v) is 7.57. The number of nitrogens with zero attached hydrogens (tertiary/aromatic N) is 3. The number of aryl methyl sites for hydroxylation is 1. The van der Waals surface area contributed by atoms with E-state index in [4.69, 9.17) is 4.52 Å². The van der Waals surface area contributed by atoms with Gasteiger partial charge in [0, 0.05) is 22.9 Å². The third-order valence-corrected chi connectivity index (χ3v) is 4.14. The Balaban J connectivity index is 1.75. The molecule has 106 valence electrons. The van der Waals surface area contributed by atoms with E-state index < -0.39 is 0 Å². The molecule has 0 aliphatic carbocycles. The van der Waals surface area contributed by atoms with E-state index in [1.54, 1.807) is 24.2 Å². The molecule has 2 heterocycles. The average molecular weight is 297 g/mol. The first-order valence-electron chi connectivity index (χ1n) is 6.70. The molecule has 0 saturated carbocycles. The highest BCUT2D eigenvalue weighted by Gasteiger charge is 2.16. The molecule has 3 aromatic rings. The van der Waals surface area contributed by atoms with Crippen molar-refractivity contribution in [3.8, 4) is 11.4 Å². The van der Waals surface area contributed by atoms with Crippen LogP contribution in [0.1, 0.15) is 23.6 Å². The van der Waals surface area contributed by atoms with E-state index >= 15 is 0 Å². The van der Waals surface area contributed by atoms with Gasteiger partial charge in [-0.25, -0.2) is 0 Å². The molecule has 0 bridgehead atoms. The van der Waals surface area contributed by atoms with Gasteiger partial charge in [-0.2, -0.15) is 4.98 Å². The Morgan fingerprint density at radius 2 is 1.95 bits per heavy atom. The molecule has 5 heteroatoms. The Hall–Kier alpha value is -2.14. The Morgan fingerprint density at radius 1 is 1.14 bits per heavy atom. The summed E-state index contributed by atoms with van der Waals surface area (Å²) < 4.78 is 5.37. The van der Waals surface area contributed by atoms with Crippen molar-refractivity contribution in [2.24, 2.45) is 0 Å². The number of hydrogen-bond donors (Lipinski definition) is 0. The molecule has 0 aliphatic heterocycles. The summed E-state index contributed by atoms with van der Waals surface area (Å²) in [6.07, 6.45) is 3.45. The molecule has 1 atom stereocenters. The third-order valence-electron chi connectivity index (χ3n) is 3.04. The van der Waals surface area contributed by atoms with Gasteiger partial charge in [-0.05, 0) is 38.1 Å². The van der Waals surface area contributed by atoms with Gasteiger partial charge in [-0.3, -0.25) is 4.98 Å². The van der Waals surface area contributed by atoms with E-state index in [1.165, 1.54) is 10.5 Å². The summed E-state index contributed by atoms with van der Waals surface area (Å²) in [5.41, 5.74) is 2.11. The van der Waals surface area contributed by atoms with Crippen molar-refractivity contribution in [1.29, 1.82) is 0 Å². The van der Waals surface area contributed by atoms with Crippen molar-refractivity contribution in [3.05, 3.63) is 60.2 Å². The molecular formula is C16H15N3OS. The predicted octanol–water partition coefficient (Wildman–Crippen LogP) is 4.29. The van der Waals surface area contributed by atoms with Crippen LogP contribution in [0.2, 0.25) is 0 Å². The van der Waals surface area contributed by atoms with Crippen molar-refractivity contribution in [2.45, 2.75) is 24.0 Å². The van der Waals surface area contributed by atoms with E-state index in [2.05, 4.69) is 53.2 Å². The summed E-state index contributed by atoms with van der Waals surface area (Å²) in [4.78, 5) is 9.71. The van der Waals surface area contributed by atoms with Crippen LogP contribution in [0.3, 0.4) is 0 Å². The zero-order valence-electron chi connectivity index (χ0n) is 11.9. The minimum atomic E-state index is 0.102. The molecule has 3 rings (SSSR count). The first kappa shape index (κ1) is 13.8. The molecule has 4 nitrogen and oxygen atoms in total. The van der Waals surface area contributed by atoms with Crippen LogP contribution in [0.15, 0.2) is 58.2 Å². The van der Waals surface area contributed by atoms with Crippen LogP contribution in [-0.4, -0.2) is 15.1 Å². The van der Waals surface area contributed by atoms with Gasteiger partial charge >= 0.3 is 0 Å². The topological polar surface area (TPSA) is 51.8 Å². The molecule has 0 spiro atoms. The van der Waals surface area contributed by atoms with Crippen LogP contribution in [0.5, 0.6) is 0 Å². The Labute approximate surface area is 127 Å². The summed E-state index contributed by atoms with van der Waals surface area (Å²) in [6.45, 7) is 4.14. The number of rotatable bonds is 4. The lowest BCUT2D eigenvalue weighted by Gasteiger charge is -2.06. The quantitative estimate of drug-likeness (QED) is 0.672. The second kappa shape index (κ2) is 6.10. The highest BCUT2D eigenvalue weighted by atomic mass is 32.2. The van der Waals surface area contributed by atoms with Gasteiger partial charge in [-0.1, -0.05) is 22.9 Å². The second-order valence-electron chi connectivity index (χ2n) is 4.77. The minimum Gasteiger partial charge on any atom is -0.338 e. The standard InChI is InChI=1S/C16H15N3OS/c1-11-5-7-14(8-6-11)21-12(2)16-18-15(19-20-16)13-4-3-9-17-10-13/h3-10,12H,1-2H3/t12-/m1/s1. The Bertz CT molecular complexity index is 710. The van der Waals surface area contributed by atoms with Crippen molar-refractivity contribution in [2.75, 3.05) is 0 Å². The molecule has 0 amide bonds. The van der Waals surface area contributed by atoms with Crippen LogP contribution in [0.25, 0.3) is 11.4 Å². The summed E-state index contributed by atoms with van der Waals surface area (Å²) >= 11 is 1.70. The average Bonchev–Trinajstić information content (AvgIpc) is 3.00. The molecule has 2 aromatic heterocycles. The number of aromatic nitrogens is 3. The van der Waals surface area contributed by atoms with E-state index in [0.717, 1.165) is 5.56 Å². The van der Waals surface area contributed by atoms with Crippen LogP contribution in [0.4, 0.5) is 0 Å². The lowest BCUT2D eigenvalue weighted by molar-refractivity contribution is 0.381. The van der Waals surface area contributed by atoms with Gasteiger partial charge in [0.15, 0.2) is 0 Å². The second-order valence-corrected chi connectivity index (χ2v) is 6.19. The molecule has 0 unspecified atom stereocenters. The van der Waals surface area contributed by atoms with Crippen molar-refractivity contribution >= 4 is 11.8 Å². The number of benzene rings is 1. The first-order chi connectivity index (χ1) is 10.2. The molecule has 0 aliphatic rings. The zero-order valence-corrected chi connectivity index (χ0v) is 12.7. The minimum absolute atomic E-state index is 0.102. The smallest absolute Gasteiger partial charge is 0.240 e. The van der Waals surface area contributed by atoms with E-state index in [9.17, 15) is 0 Å². The summed E-state index contributed by atoms with van der Waals surface area (Å²) in [5.74, 6) is 1.20. The Morgan fingerprint density at radius 3 is 2.67 bits per heavy atom. The highest BCUT2D eigenvalue weighted by Crippen LogP contribution is 2.34. The fourth-order valence-electron chi connectivity index (χ4n) is 1.88. The van der Waals surface area contributed by atoms with Gasteiger partial charge in [0.25, 0.3) is 0 Å². The van der Waals surface area contributed by atoms with E-state index in [1.807, 2.05) is 12.1 Å². The van der Waals surface area contributed by atoms with Crippen molar-refractivity contribution < 1.29 is 4.52 Å². The van der Waals surface area contributed by atoms with Crippen molar-refractivity contribution in [1.82, 2.24) is 15.1 Å². The third kappa shape index (κ3) is 3.31. The van der Waals surface area contributed by atoms with Gasteiger partial charge < -0.3 is 4.52 Å². The largest absolute Gasteiger partial charge is 0.338 e. The predicted molar refractivity (Wildman–Crippen MR) is 83.0 cm³/mol. The molecule has 1 aromatic carbocycles. The Kier molecular flexibility index (Phi) is 4.01. The van der Waals surface area contributed by atoms with E-state index in [-0.39, 0.29) is 5.25 Å². The maximum Gasteiger partial charge on any atom is 0.240 e.